The Morgan fingerprint density at radius 2 is 1.90 bits per heavy atom. The molecule has 2 heterocycles. The highest BCUT2D eigenvalue weighted by molar-refractivity contribution is 5.96. The maximum absolute atomic E-state index is 11.4. The van der Waals surface area contributed by atoms with E-state index in [0.717, 1.165) is 24.5 Å². The van der Waals surface area contributed by atoms with Crippen LogP contribution in [0.15, 0.2) is 42.7 Å². The van der Waals surface area contributed by atoms with E-state index in [1.807, 2.05) is 36.2 Å². The van der Waals surface area contributed by atoms with Gasteiger partial charge in [0.25, 0.3) is 0 Å². The quantitative estimate of drug-likeness (QED) is 0.907. The molecule has 0 saturated heterocycles. The van der Waals surface area contributed by atoms with Crippen LogP contribution in [0.3, 0.4) is 0 Å². The monoisotopic (exact) mass is 269 g/mol. The molecule has 1 aliphatic heterocycles. The summed E-state index contributed by atoms with van der Waals surface area (Å²) in [6.07, 6.45) is 3.13. The van der Waals surface area contributed by atoms with E-state index in [0.29, 0.717) is 5.69 Å². The fourth-order valence-electron chi connectivity index (χ4n) is 2.54. The Hall–Kier alpha value is -2.56. The number of aromatic carboxylic acids is 1. The zero-order chi connectivity index (χ0) is 14.1. The molecule has 1 N–H and O–H groups in total. The van der Waals surface area contributed by atoms with Gasteiger partial charge in [0.05, 0.1) is 28.8 Å². The van der Waals surface area contributed by atoms with E-state index in [1.54, 1.807) is 12.3 Å². The van der Waals surface area contributed by atoms with Crippen molar-refractivity contribution in [1.29, 1.82) is 0 Å². The molecule has 2 aromatic rings. The first-order chi connectivity index (χ1) is 9.68. The average Bonchev–Trinajstić information content (AvgIpc) is 2.48. The summed E-state index contributed by atoms with van der Waals surface area (Å²) < 4.78 is 0. The van der Waals surface area contributed by atoms with Crippen LogP contribution >= 0.6 is 0 Å². The van der Waals surface area contributed by atoms with Crippen molar-refractivity contribution in [2.75, 3.05) is 29.9 Å². The summed E-state index contributed by atoms with van der Waals surface area (Å²) in [4.78, 5) is 19.6. The van der Waals surface area contributed by atoms with Crippen molar-refractivity contribution in [3.8, 4) is 0 Å². The molecule has 0 amide bonds. The van der Waals surface area contributed by atoms with Crippen molar-refractivity contribution in [1.82, 2.24) is 4.98 Å². The van der Waals surface area contributed by atoms with Gasteiger partial charge in [-0.1, -0.05) is 12.1 Å². The summed E-state index contributed by atoms with van der Waals surface area (Å²) in [5.41, 5.74) is 3.02. The molecule has 0 fully saturated rings. The lowest BCUT2D eigenvalue weighted by molar-refractivity contribution is 0.0697. The first kappa shape index (κ1) is 12.5. The van der Waals surface area contributed by atoms with Crippen LogP contribution in [0.4, 0.5) is 17.1 Å². The molecule has 1 aliphatic rings. The number of rotatable bonds is 2. The maximum Gasteiger partial charge on any atom is 0.337 e. The minimum absolute atomic E-state index is 0.277. The Morgan fingerprint density at radius 3 is 2.65 bits per heavy atom. The second kappa shape index (κ2) is 4.85. The molecule has 1 aromatic heterocycles. The molecule has 1 aromatic carbocycles. The number of aromatic nitrogens is 1. The predicted molar refractivity (Wildman–Crippen MR) is 77.9 cm³/mol. The Balaban J connectivity index is 2.13. The largest absolute Gasteiger partial charge is 0.478 e. The van der Waals surface area contributed by atoms with E-state index in [2.05, 4.69) is 9.88 Å². The highest BCUT2D eigenvalue weighted by atomic mass is 16.4. The molecule has 5 nitrogen and oxygen atoms in total. The number of para-hydroxylation sites is 2. The number of carbonyl (C=O) groups is 1. The van der Waals surface area contributed by atoms with E-state index >= 15 is 0 Å². The van der Waals surface area contributed by atoms with Gasteiger partial charge in [0.1, 0.15) is 0 Å². The SMILES string of the molecule is CN1CCN(c2cnccc2C(=O)O)c2ccccc21. The first-order valence-corrected chi connectivity index (χ1v) is 6.43. The van der Waals surface area contributed by atoms with E-state index < -0.39 is 5.97 Å². The van der Waals surface area contributed by atoms with Crippen LogP contribution in [-0.2, 0) is 0 Å². The van der Waals surface area contributed by atoms with Crippen LogP contribution < -0.4 is 9.80 Å². The zero-order valence-electron chi connectivity index (χ0n) is 11.2. The molecule has 0 bridgehead atoms. The summed E-state index contributed by atoms with van der Waals surface area (Å²) in [7, 11) is 2.04. The molecule has 0 unspecified atom stereocenters. The Morgan fingerprint density at radius 1 is 1.15 bits per heavy atom. The van der Waals surface area contributed by atoms with E-state index in [9.17, 15) is 9.90 Å². The van der Waals surface area contributed by atoms with Crippen molar-refractivity contribution < 1.29 is 9.90 Å². The third-order valence-corrected chi connectivity index (χ3v) is 3.56. The second-order valence-corrected chi connectivity index (χ2v) is 4.76. The molecule has 0 radical (unpaired) electrons. The molecule has 3 rings (SSSR count). The van der Waals surface area contributed by atoms with E-state index in [1.165, 1.54) is 6.20 Å². The first-order valence-electron chi connectivity index (χ1n) is 6.43. The number of pyridine rings is 1. The summed E-state index contributed by atoms with van der Waals surface area (Å²) in [6, 6.07) is 9.53. The fraction of sp³-hybridized carbons (Fsp3) is 0.200. The van der Waals surface area contributed by atoms with Gasteiger partial charge in [-0.2, -0.15) is 0 Å². The molecule has 0 saturated carbocycles. The van der Waals surface area contributed by atoms with Crippen molar-refractivity contribution in [3.05, 3.63) is 48.3 Å². The molecule has 5 heteroatoms. The number of carboxylic acid groups (broad SMARTS) is 1. The zero-order valence-corrected chi connectivity index (χ0v) is 11.2. The van der Waals surface area contributed by atoms with Crippen molar-refractivity contribution in [2.45, 2.75) is 0 Å². The van der Waals surface area contributed by atoms with Gasteiger partial charge in [0, 0.05) is 26.3 Å². The highest BCUT2D eigenvalue weighted by Crippen LogP contribution is 2.37. The fourth-order valence-corrected chi connectivity index (χ4v) is 2.54. The van der Waals surface area contributed by atoms with Gasteiger partial charge in [-0.3, -0.25) is 4.98 Å². The number of anilines is 3. The predicted octanol–water partition coefficient (Wildman–Crippen LogP) is 2.37. The van der Waals surface area contributed by atoms with Crippen LogP contribution in [0.5, 0.6) is 0 Å². The average molecular weight is 269 g/mol. The molecule has 0 spiro atoms. The van der Waals surface area contributed by atoms with Gasteiger partial charge in [-0.25, -0.2) is 4.79 Å². The van der Waals surface area contributed by atoms with Gasteiger partial charge in [0.2, 0.25) is 0 Å². The van der Waals surface area contributed by atoms with Gasteiger partial charge >= 0.3 is 5.97 Å². The van der Waals surface area contributed by atoms with Crippen LogP contribution in [0.2, 0.25) is 0 Å². The van der Waals surface area contributed by atoms with Crippen LogP contribution in [0.1, 0.15) is 10.4 Å². The van der Waals surface area contributed by atoms with Gasteiger partial charge in [0.15, 0.2) is 0 Å². The van der Waals surface area contributed by atoms with Crippen LogP contribution in [0, 0.1) is 0 Å². The Bertz CT molecular complexity index is 657. The summed E-state index contributed by atoms with van der Waals surface area (Å²) >= 11 is 0. The molecule has 102 valence electrons. The number of nitrogens with zero attached hydrogens (tertiary/aromatic N) is 3. The van der Waals surface area contributed by atoms with Crippen LogP contribution in [0.25, 0.3) is 0 Å². The number of likely N-dealkylation sites (N-methyl/N-ethyl adjacent to an activating group) is 1. The molecule has 0 atom stereocenters. The third kappa shape index (κ3) is 1.97. The Labute approximate surface area is 117 Å². The number of fused-ring (bicyclic) bond motifs is 1. The topological polar surface area (TPSA) is 56.7 Å². The van der Waals surface area contributed by atoms with Crippen LogP contribution in [-0.4, -0.2) is 36.2 Å². The van der Waals surface area contributed by atoms with E-state index in [4.69, 9.17) is 0 Å². The van der Waals surface area contributed by atoms with Gasteiger partial charge in [-0.15, -0.1) is 0 Å². The normalized spacial score (nSPS) is 14.1. The Kier molecular flexibility index (Phi) is 3.02. The second-order valence-electron chi connectivity index (χ2n) is 4.76. The number of hydrogen-bond acceptors (Lipinski definition) is 4. The highest BCUT2D eigenvalue weighted by Gasteiger charge is 2.24. The molecule has 0 aliphatic carbocycles. The lowest BCUT2D eigenvalue weighted by atomic mass is 10.1. The lowest BCUT2D eigenvalue weighted by Gasteiger charge is -2.37. The third-order valence-electron chi connectivity index (χ3n) is 3.56. The minimum atomic E-state index is -0.932. The maximum atomic E-state index is 11.4. The lowest BCUT2D eigenvalue weighted by Crippen LogP contribution is -2.37. The molecular weight excluding hydrogens is 254 g/mol. The standard InChI is InChI=1S/C15H15N3O2/c1-17-8-9-18(13-5-3-2-4-12(13)17)14-10-16-7-6-11(14)15(19)20/h2-7,10H,8-9H2,1H3,(H,19,20). The minimum Gasteiger partial charge on any atom is -0.478 e. The van der Waals surface area contributed by atoms with Gasteiger partial charge in [-0.05, 0) is 18.2 Å². The summed E-state index contributed by atoms with van der Waals surface area (Å²) in [6.45, 7) is 1.57. The number of benzene rings is 1. The summed E-state index contributed by atoms with van der Waals surface area (Å²) in [5, 5.41) is 9.33. The van der Waals surface area contributed by atoms with Crippen molar-refractivity contribution in [3.63, 3.8) is 0 Å². The van der Waals surface area contributed by atoms with Gasteiger partial charge < -0.3 is 14.9 Å². The number of hydrogen-bond donors (Lipinski definition) is 1. The molecule has 20 heavy (non-hydrogen) atoms. The van der Waals surface area contributed by atoms with Crippen molar-refractivity contribution >= 4 is 23.0 Å². The number of carboxylic acids is 1. The van der Waals surface area contributed by atoms with Crippen molar-refractivity contribution in [2.24, 2.45) is 0 Å². The smallest absolute Gasteiger partial charge is 0.337 e. The van der Waals surface area contributed by atoms with E-state index in [-0.39, 0.29) is 5.56 Å². The molecular formula is C15H15N3O2. The summed E-state index contributed by atoms with van der Waals surface area (Å²) in [5.74, 6) is -0.932.